The van der Waals surface area contributed by atoms with Gasteiger partial charge < -0.3 is 16.0 Å². The van der Waals surface area contributed by atoms with Gasteiger partial charge in [0, 0.05) is 30.7 Å². The number of benzene rings is 2. The fraction of sp³-hybridized carbons (Fsp3) is 0.136. The van der Waals surface area contributed by atoms with Crippen LogP contribution in [-0.4, -0.2) is 49.2 Å². The molecule has 2 amide bonds. The van der Waals surface area contributed by atoms with Gasteiger partial charge in [-0.25, -0.2) is 17.8 Å². The van der Waals surface area contributed by atoms with Crippen LogP contribution in [0.4, 0.5) is 21.6 Å². The normalized spacial score (nSPS) is 14.4. The number of aromatic nitrogens is 1. The second-order valence-corrected chi connectivity index (χ2v) is 9.14. The van der Waals surface area contributed by atoms with E-state index in [9.17, 15) is 22.4 Å². The van der Waals surface area contributed by atoms with Gasteiger partial charge in [-0.3, -0.25) is 9.59 Å². The molecule has 2 aromatic carbocycles. The number of pyridine rings is 1. The molecular weight excluding hydrogens is 449 g/mol. The standard InChI is InChI=1S/C22H20FN5O4S/c23-15-4-1-5-16(12-15)26-21-19(8-3-9-25-21)22(30)27-17-6-2-7-18(13-17)33(31,32)28-11-10-24-20(29)14-28/h1-9,12-13H,10-11,14H2,(H,24,29)(H,25,26)(H,27,30). The maximum atomic E-state index is 13.5. The van der Waals surface area contributed by atoms with E-state index in [2.05, 4.69) is 20.9 Å². The molecule has 3 N–H and O–H groups in total. The molecule has 9 nitrogen and oxygen atoms in total. The molecule has 33 heavy (non-hydrogen) atoms. The van der Waals surface area contributed by atoms with Crippen molar-refractivity contribution in [1.82, 2.24) is 14.6 Å². The summed E-state index contributed by atoms with van der Waals surface area (Å²) < 4.78 is 40.4. The molecule has 1 aromatic heterocycles. The van der Waals surface area contributed by atoms with E-state index in [1.165, 1.54) is 48.7 Å². The summed E-state index contributed by atoms with van der Waals surface area (Å²) >= 11 is 0. The van der Waals surface area contributed by atoms with Gasteiger partial charge in [0.15, 0.2) is 0 Å². The number of hydrogen-bond acceptors (Lipinski definition) is 6. The van der Waals surface area contributed by atoms with Crippen molar-refractivity contribution < 1.29 is 22.4 Å². The number of halogens is 1. The third-order valence-electron chi connectivity index (χ3n) is 4.87. The number of carbonyl (C=O) groups is 2. The summed E-state index contributed by atoms with van der Waals surface area (Å²) in [5.41, 5.74) is 0.854. The van der Waals surface area contributed by atoms with Crippen molar-refractivity contribution in [2.45, 2.75) is 4.90 Å². The first-order chi connectivity index (χ1) is 15.8. The lowest BCUT2D eigenvalue weighted by atomic mass is 10.2. The Hall–Kier alpha value is -3.83. The summed E-state index contributed by atoms with van der Waals surface area (Å²) in [4.78, 5) is 28.6. The van der Waals surface area contributed by atoms with E-state index in [1.807, 2.05) is 0 Å². The lowest BCUT2D eigenvalue weighted by Gasteiger charge is -2.26. The van der Waals surface area contributed by atoms with Crippen molar-refractivity contribution in [1.29, 1.82) is 0 Å². The SMILES string of the molecule is O=C1CN(S(=O)(=O)c2cccc(NC(=O)c3cccnc3Nc3cccc(F)c3)c2)CCN1. The minimum atomic E-state index is -3.91. The molecule has 170 valence electrons. The van der Waals surface area contributed by atoms with E-state index < -0.39 is 21.7 Å². The number of piperazine rings is 1. The van der Waals surface area contributed by atoms with Crippen molar-refractivity contribution in [2.24, 2.45) is 0 Å². The highest BCUT2D eigenvalue weighted by molar-refractivity contribution is 7.89. The molecule has 2 heterocycles. The third-order valence-corrected chi connectivity index (χ3v) is 6.71. The summed E-state index contributed by atoms with van der Waals surface area (Å²) in [5, 5.41) is 8.16. The average molecular weight is 469 g/mol. The summed E-state index contributed by atoms with van der Waals surface area (Å²) in [7, 11) is -3.91. The summed E-state index contributed by atoms with van der Waals surface area (Å²) in [5.74, 6) is -1.13. The van der Waals surface area contributed by atoms with Crippen LogP contribution in [0, 0.1) is 5.82 Å². The average Bonchev–Trinajstić information content (AvgIpc) is 2.79. The molecule has 0 spiro atoms. The van der Waals surface area contributed by atoms with Crippen LogP contribution >= 0.6 is 0 Å². The maximum absolute atomic E-state index is 13.5. The molecule has 1 saturated heterocycles. The molecule has 0 saturated carbocycles. The van der Waals surface area contributed by atoms with Crippen molar-refractivity contribution in [2.75, 3.05) is 30.3 Å². The lowest BCUT2D eigenvalue weighted by Crippen LogP contribution is -2.49. The summed E-state index contributed by atoms with van der Waals surface area (Å²) in [6.07, 6.45) is 1.49. The Labute approximate surface area is 189 Å². The third kappa shape index (κ3) is 5.16. The number of anilines is 3. The largest absolute Gasteiger partial charge is 0.354 e. The Morgan fingerprint density at radius 2 is 1.85 bits per heavy atom. The van der Waals surface area contributed by atoms with Crippen LogP contribution in [-0.2, 0) is 14.8 Å². The minimum absolute atomic E-state index is 0.0423. The molecule has 1 aliphatic rings. The highest BCUT2D eigenvalue weighted by Gasteiger charge is 2.29. The zero-order valence-corrected chi connectivity index (χ0v) is 18.1. The predicted molar refractivity (Wildman–Crippen MR) is 120 cm³/mol. The fourth-order valence-electron chi connectivity index (χ4n) is 3.29. The van der Waals surface area contributed by atoms with Gasteiger partial charge in [0.05, 0.1) is 17.0 Å². The molecule has 0 aliphatic carbocycles. The van der Waals surface area contributed by atoms with Crippen molar-refractivity contribution >= 4 is 39.0 Å². The van der Waals surface area contributed by atoms with E-state index in [0.717, 1.165) is 4.31 Å². The molecular formula is C22H20FN5O4S. The first-order valence-electron chi connectivity index (χ1n) is 9.99. The molecule has 3 aromatic rings. The van der Waals surface area contributed by atoms with E-state index >= 15 is 0 Å². The van der Waals surface area contributed by atoms with Gasteiger partial charge in [-0.2, -0.15) is 4.31 Å². The van der Waals surface area contributed by atoms with Crippen LogP contribution in [0.3, 0.4) is 0 Å². The van der Waals surface area contributed by atoms with Crippen molar-refractivity contribution in [3.05, 3.63) is 78.2 Å². The fourth-order valence-corrected chi connectivity index (χ4v) is 4.74. The number of nitrogens with one attached hydrogen (secondary N) is 3. The van der Waals surface area contributed by atoms with E-state index in [1.54, 1.807) is 18.2 Å². The highest BCUT2D eigenvalue weighted by Crippen LogP contribution is 2.23. The minimum Gasteiger partial charge on any atom is -0.354 e. The van der Waals surface area contributed by atoms with Crippen molar-refractivity contribution in [3.63, 3.8) is 0 Å². The number of nitrogens with zero attached hydrogens (tertiary/aromatic N) is 2. The summed E-state index contributed by atoms with van der Waals surface area (Å²) in [6.45, 7) is 0.135. The van der Waals surface area contributed by atoms with Gasteiger partial charge in [-0.05, 0) is 48.5 Å². The summed E-state index contributed by atoms with van der Waals surface area (Å²) in [6, 6.07) is 14.6. The van der Waals surface area contributed by atoms with E-state index in [0.29, 0.717) is 5.69 Å². The quantitative estimate of drug-likeness (QED) is 0.510. The van der Waals surface area contributed by atoms with Crippen LogP contribution in [0.2, 0.25) is 0 Å². The van der Waals surface area contributed by atoms with Gasteiger partial charge in [0.1, 0.15) is 11.6 Å². The lowest BCUT2D eigenvalue weighted by molar-refractivity contribution is -0.122. The molecule has 0 atom stereocenters. The number of sulfonamides is 1. The van der Waals surface area contributed by atoms with E-state index in [4.69, 9.17) is 0 Å². The zero-order chi connectivity index (χ0) is 23.4. The second-order valence-electron chi connectivity index (χ2n) is 7.21. The topological polar surface area (TPSA) is 121 Å². The van der Waals surface area contributed by atoms with E-state index in [-0.39, 0.29) is 47.5 Å². The first-order valence-corrected chi connectivity index (χ1v) is 11.4. The number of carbonyl (C=O) groups excluding carboxylic acids is 2. The monoisotopic (exact) mass is 469 g/mol. The smallest absolute Gasteiger partial charge is 0.259 e. The Balaban J connectivity index is 1.55. The second kappa shape index (κ2) is 9.35. The van der Waals surface area contributed by atoms with Crippen LogP contribution < -0.4 is 16.0 Å². The zero-order valence-electron chi connectivity index (χ0n) is 17.3. The molecule has 1 aliphatic heterocycles. The maximum Gasteiger partial charge on any atom is 0.259 e. The van der Waals surface area contributed by atoms with Gasteiger partial charge in [0.2, 0.25) is 15.9 Å². The van der Waals surface area contributed by atoms with Crippen LogP contribution in [0.25, 0.3) is 0 Å². The molecule has 0 unspecified atom stereocenters. The molecule has 11 heteroatoms. The van der Waals surface area contributed by atoms with Crippen molar-refractivity contribution in [3.8, 4) is 0 Å². The Bertz CT molecular complexity index is 1320. The Kier molecular flexibility index (Phi) is 6.33. The number of rotatable bonds is 6. The number of hydrogen-bond donors (Lipinski definition) is 3. The Morgan fingerprint density at radius 1 is 1.06 bits per heavy atom. The van der Waals surface area contributed by atoms with Gasteiger partial charge in [-0.15, -0.1) is 0 Å². The van der Waals surface area contributed by atoms with Crippen LogP contribution in [0.1, 0.15) is 10.4 Å². The van der Waals surface area contributed by atoms with Gasteiger partial charge in [0.25, 0.3) is 5.91 Å². The number of amides is 2. The molecule has 1 fully saturated rings. The first kappa shape index (κ1) is 22.4. The highest BCUT2D eigenvalue weighted by atomic mass is 32.2. The van der Waals surface area contributed by atoms with Gasteiger partial charge in [-0.1, -0.05) is 12.1 Å². The molecule has 0 radical (unpaired) electrons. The van der Waals surface area contributed by atoms with Crippen LogP contribution in [0.5, 0.6) is 0 Å². The molecule has 0 bridgehead atoms. The van der Waals surface area contributed by atoms with Crippen LogP contribution in [0.15, 0.2) is 71.8 Å². The molecule has 4 rings (SSSR count). The van der Waals surface area contributed by atoms with Gasteiger partial charge >= 0.3 is 0 Å². The Morgan fingerprint density at radius 3 is 2.64 bits per heavy atom. The predicted octanol–water partition coefficient (Wildman–Crippen LogP) is 2.34.